The Morgan fingerprint density at radius 3 is 2.81 bits per heavy atom. The van der Waals surface area contributed by atoms with Crippen molar-refractivity contribution in [1.29, 1.82) is 0 Å². The van der Waals surface area contributed by atoms with Gasteiger partial charge in [-0.25, -0.2) is 9.97 Å². The molecule has 0 radical (unpaired) electrons. The molecule has 0 aliphatic carbocycles. The van der Waals surface area contributed by atoms with Crippen LogP contribution in [0, 0.1) is 0 Å². The van der Waals surface area contributed by atoms with Crippen molar-refractivity contribution in [2.45, 2.75) is 9.92 Å². The van der Waals surface area contributed by atoms with Gasteiger partial charge in [0, 0.05) is 15.6 Å². The lowest BCUT2D eigenvalue weighted by Crippen LogP contribution is -1.86. The van der Waals surface area contributed by atoms with E-state index in [4.69, 9.17) is 11.6 Å². The van der Waals surface area contributed by atoms with E-state index < -0.39 is 0 Å². The molecule has 0 spiro atoms. The molecule has 82 valence electrons. The highest BCUT2D eigenvalue weighted by Crippen LogP contribution is 2.33. The van der Waals surface area contributed by atoms with Crippen molar-refractivity contribution >= 4 is 55.2 Å². The van der Waals surface area contributed by atoms with E-state index in [1.165, 1.54) is 11.8 Å². The largest absolute Gasteiger partial charge is 0.225 e. The molecule has 2 aromatic rings. The van der Waals surface area contributed by atoms with Crippen LogP contribution in [0.5, 0.6) is 0 Å². The average Bonchev–Trinajstić information content (AvgIpc) is 2.24. The Labute approximate surface area is 119 Å². The van der Waals surface area contributed by atoms with E-state index in [0.29, 0.717) is 0 Å². The van der Waals surface area contributed by atoms with E-state index in [0.717, 1.165) is 18.9 Å². The normalized spacial score (nSPS) is 10.4. The fourth-order valence-electron chi connectivity index (χ4n) is 1.04. The molecule has 0 N–H and O–H groups in total. The standard InChI is InChI=1S/C10H5Br2ClN2S/c11-6-2-1-3-7(4-6)16-9-8(12)5-14-10(13)15-9/h1-5H. The summed E-state index contributed by atoms with van der Waals surface area (Å²) in [5, 5.41) is 1.05. The predicted octanol–water partition coefficient (Wildman–Crippen LogP) is 4.81. The van der Waals surface area contributed by atoms with Crippen molar-refractivity contribution in [3.05, 3.63) is 44.7 Å². The second kappa shape index (κ2) is 5.49. The zero-order valence-corrected chi connectivity index (χ0v) is 12.6. The van der Waals surface area contributed by atoms with Crippen LogP contribution < -0.4 is 0 Å². The lowest BCUT2D eigenvalue weighted by molar-refractivity contribution is 1.03. The van der Waals surface area contributed by atoms with E-state index in [2.05, 4.69) is 41.8 Å². The molecule has 0 aliphatic heterocycles. The van der Waals surface area contributed by atoms with Gasteiger partial charge in [-0.2, -0.15) is 0 Å². The first-order chi connectivity index (χ1) is 7.65. The summed E-state index contributed by atoms with van der Waals surface area (Å²) in [5.41, 5.74) is 0. The van der Waals surface area contributed by atoms with E-state index in [-0.39, 0.29) is 5.28 Å². The third-order valence-electron chi connectivity index (χ3n) is 1.69. The van der Waals surface area contributed by atoms with Crippen LogP contribution in [0.25, 0.3) is 0 Å². The van der Waals surface area contributed by atoms with Crippen LogP contribution in [0.4, 0.5) is 0 Å². The Balaban J connectivity index is 2.30. The third kappa shape index (κ3) is 3.20. The van der Waals surface area contributed by atoms with Gasteiger partial charge in [0.05, 0.1) is 4.47 Å². The average molecular weight is 380 g/mol. The highest BCUT2D eigenvalue weighted by atomic mass is 79.9. The Morgan fingerprint density at radius 1 is 1.25 bits per heavy atom. The first kappa shape index (κ1) is 12.4. The molecule has 1 aromatic carbocycles. The summed E-state index contributed by atoms with van der Waals surface area (Å²) >= 11 is 14.1. The maximum Gasteiger partial charge on any atom is 0.223 e. The number of halogens is 3. The number of benzene rings is 1. The number of rotatable bonds is 2. The highest BCUT2D eigenvalue weighted by Gasteiger charge is 2.06. The Kier molecular flexibility index (Phi) is 4.24. The lowest BCUT2D eigenvalue weighted by atomic mass is 10.4. The quantitative estimate of drug-likeness (QED) is 0.553. The van der Waals surface area contributed by atoms with Crippen molar-refractivity contribution in [3.8, 4) is 0 Å². The van der Waals surface area contributed by atoms with Crippen molar-refractivity contribution in [3.63, 3.8) is 0 Å². The van der Waals surface area contributed by atoms with E-state index in [9.17, 15) is 0 Å². The van der Waals surface area contributed by atoms with Gasteiger partial charge in [0.2, 0.25) is 5.28 Å². The second-order valence-electron chi connectivity index (χ2n) is 2.85. The Bertz CT molecular complexity index is 522. The highest BCUT2D eigenvalue weighted by molar-refractivity contribution is 9.10. The maximum absolute atomic E-state index is 5.75. The molecular formula is C10H5Br2ClN2S. The van der Waals surface area contributed by atoms with Crippen molar-refractivity contribution in [2.24, 2.45) is 0 Å². The van der Waals surface area contributed by atoms with Crippen LogP contribution in [-0.4, -0.2) is 9.97 Å². The molecule has 0 unspecified atom stereocenters. The number of hydrogen-bond acceptors (Lipinski definition) is 3. The summed E-state index contributed by atoms with van der Waals surface area (Å²) in [6.45, 7) is 0. The smallest absolute Gasteiger partial charge is 0.223 e. The van der Waals surface area contributed by atoms with Gasteiger partial charge in [-0.1, -0.05) is 33.8 Å². The summed E-state index contributed by atoms with van der Waals surface area (Å²) in [5.74, 6) is 0. The molecule has 0 aliphatic rings. The fourth-order valence-corrected chi connectivity index (χ4v) is 3.05. The topological polar surface area (TPSA) is 25.8 Å². The van der Waals surface area contributed by atoms with Gasteiger partial charge in [0.1, 0.15) is 5.03 Å². The lowest BCUT2D eigenvalue weighted by Gasteiger charge is -2.03. The first-order valence-electron chi connectivity index (χ1n) is 4.26. The molecule has 0 amide bonds. The van der Waals surface area contributed by atoms with Crippen LogP contribution in [0.15, 0.2) is 49.3 Å². The first-order valence-corrected chi connectivity index (χ1v) is 7.04. The molecule has 0 saturated heterocycles. The Morgan fingerprint density at radius 2 is 2.06 bits per heavy atom. The van der Waals surface area contributed by atoms with Crippen LogP contribution in [0.2, 0.25) is 5.28 Å². The summed E-state index contributed by atoms with van der Waals surface area (Å²) in [7, 11) is 0. The van der Waals surface area contributed by atoms with Gasteiger partial charge in [-0.3, -0.25) is 0 Å². The van der Waals surface area contributed by atoms with E-state index >= 15 is 0 Å². The minimum Gasteiger partial charge on any atom is -0.225 e. The van der Waals surface area contributed by atoms with Gasteiger partial charge in [0.15, 0.2) is 0 Å². The molecule has 2 rings (SSSR count). The predicted molar refractivity (Wildman–Crippen MR) is 73.0 cm³/mol. The molecule has 0 fully saturated rings. The van der Waals surface area contributed by atoms with Gasteiger partial charge in [-0.05, 0) is 45.7 Å². The molecular weight excluding hydrogens is 375 g/mol. The maximum atomic E-state index is 5.75. The van der Waals surface area contributed by atoms with Crippen molar-refractivity contribution in [2.75, 3.05) is 0 Å². The minimum atomic E-state index is 0.251. The molecule has 6 heteroatoms. The third-order valence-corrected chi connectivity index (χ3v) is 4.21. The van der Waals surface area contributed by atoms with Gasteiger partial charge >= 0.3 is 0 Å². The molecule has 0 atom stereocenters. The Hall–Kier alpha value is -0.100. The monoisotopic (exact) mass is 378 g/mol. The number of aromatic nitrogens is 2. The van der Waals surface area contributed by atoms with Crippen LogP contribution in [0.1, 0.15) is 0 Å². The number of nitrogens with zero attached hydrogens (tertiary/aromatic N) is 2. The fraction of sp³-hybridized carbons (Fsp3) is 0. The second-order valence-corrected chi connectivity index (χ2v) is 6.02. The molecule has 1 aromatic heterocycles. The van der Waals surface area contributed by atoms with Crippen molar-refractivity contribution in [1.82, 2.24) is 9.97 Å². The van der Waals surface area contributed by atoms with E-state index in [1.807, 2.05) is 24.3 Å². The molecule has 2 nitrogen and oxygen atoms in total. The zero-order valence-electron chi connectivity index (χ0n) is 7.82. The van der Waals surface area contributed by atoms with Gasteiger partial charge in [-0.15, -0.1) is 0 Å². The van der Waals surface area contributed by atoms with Gasteiger partial charge < -0.3 is 0 Å². The SMILES string of the molecule is Clc1ncc(Br)c(Sc2cccc(Br)c2)n1. The summed E-state index contributed by atoms with van der Waals surface area (Å²) in [6, 6.07) is 7.99. The van der Waals surface area contributed by atoms with Crippen LogP contribution in [0.3, 0.4) is 0 Å². The summed E-state index contributed by atoms with van der Waals surface area (Å²) in [4.78, 5) is 9.12. The molecule has 1 heterocycles. The summed E-state index contributed by atoms with van der Waals surface area (Å²) in [6.07, 6.45) is 1.65. The van der Waals surface area contributed by atoms with E-state index in [1.54, 1.807) is 6.20 Å². The van der Waals surface area contributed by atoms with Gasteiger partial charge in [0.25, 0.3) is 0 Å². The van der Waals surface area contributed by atoms with Crippen LogP contribution >= 0.6 is 55.2 Å². The molecule has 16 heavy (non-hydrogen) atoms. The minimum absolute atomic E-state index is 0.251. The number of hydrogen-bond donors (Lipinski definition) is 0. The molecule has 0 bridgehead atoms. The van der Waals surface area contributed by atoms with Crippen molar-refractivity contribution < 1.29 is 0 Å². The molecule has 0 saturated carbocycles. The van der Waals surface area contributed by atoms with Crippen LogP contribution in [-0.2, 0) is 0 Å². The summed E-state index contributed by atoms with van der Waals surface area (Å²) < 4.78 is 1.87. The zero-order chi connectivity index (χ0) is 11.5.